The Kier molecular flexibility index (Phi) is 24.4. The van der Waals surface area contributed by atoms with E-state index in [1.807, 2.05) is 20.3 Å². The molecule has 0 bridgehead atoms. The molecule has 17 heavy (non-hydrogen) atoms. The summed E-state index contributed by atoms with van der Waals surface area (Å²) < 4.78 is 0. The fourth-order valence-corrected chi connectivity index (χ4v) is 1.03. The van der Waals surface area contributed by atoms with Crippen molar-refractivity contribution in [3.63, 3.8) is 0 Å². The third kappa shape index (κ3) is 31.4. The van der Waals surface area contributed by atoms with E-state index < -0.39 is 18.4 Å². The van der Waals surface area contributed by atoms with Crippen molar-refractivity contribution in [2.75, 3.05) is 0 Å². The Bertz CT molecular complexity index is 156. The number of carboxylic acid groups (broad SMARTS) is 2. The van der Waals surface area contributed by atoms with Crippen LogP contribution in [0, 0.1) is 12.8 Å². The summed E-state index contributed by atoms with van der Waals surface area (Å²) in [6, 6.07) is 0. The van der Waals surface area contributed by atoms with Crippen LogP contribution in [0.1, 0.15) is 52.4 Å². The summed E-state index contributed by atoms with van der Waals surface area (Å²) in [5.74, 6) is -2.62. The second-order valence-electron chi connectivity index (χ2n) is 3.47. The quantitative estimate of drug-likeness (QED) is 0.459. The molecule has 0 saturated heterocycles. The second-order valence-corrected chi connectivity index (χ2v) is 3.47. The molecular weight excluding hydrogens is 248 g/mol. The van der Waals surface area contributed by atoms with Gasteiger partial charge in [-0.15, -0.1) is 0 Å². The number of hydrogen-bond donors (Lipinski definition) is 2. The third-order valence-electron chi connectivity index (χ3n) is 1.62. The van der Waals surface area contributed by atoms with Gasteiger partial charge in [0.15, 0.2) is 0 Å². The number of hydrogen-bond acceptors (Lipinski definition) is 2. The van der Waals surface area contributed by atoms with E-state index >= 15 is 0 Å². The molecule has 0 spiro atoms. The number of carboxylic acids is 2. The summed E-state index contributed by atoms with van der Waals surface area (Å²) in [6.07, 6.45) is 10.7. The first-order chi connectivity index (χ1) is 7.54. The molecule has 5 heteroatoms. The van der Waals surface area contributed by atoms with Gasteiger partial charge in [0.05, 0.1) is 0 Å². The molecule has 0 unspecified atom stereocenters. The van der Waals surface area contributed by atoms with Crippen LogP contribution in [0.2, 0.25) is 0 Å². The van der Waals surface area contributed by atoms with Crippen molar-refractivity contribution in [1.82, 2.24) is 0 Å². The van der Waals surface area contributed by atoms with Gasteiger partial charge in [0.25, 0.3) is 0 Å². The molecule has 0 atom stereocenters. The van der Waals surface area contributed by atoms with Gasteiger partial charge in [0, 0.05) is 0 Å². The molecule has 1 fully saturated rings. The Labute approximate surface area is 134 Å². The Morgan fingerprint density at radius 1 is 1.06 bits per heavy atom. The fraction of sp³-hybridized carbons (Fsp3) is 0.667. The SMILES string of the molecule is C[CH-]C.O=C(O)CC(=O)O.[CH-]1CCCCC1.[Ca+2]. The van der Waals surface area contributed by atoms with Crippen LogP contribution in [-0.2, 0) is 9.59 Å². The number of aliphatic carboxylic acids is 2. The van der Waals surface area contributed by atoms with E-state index in [-0.39, 0.29) is 37.7 Å². The zero-order valence-corrected chi connectivity index (χ0v) is 13.0. The maximum atomic E-state index is 9.43. The van der Waals surface area contributed by atoms with Gasteiger partial charge in [0.2, 0.25) is 0 Å². The molecule has 0 aromatic heterocycles. The van der Waals surface area contributed by atoms with Crippen LogP contribution in [0.3, 0.4) is 0 Å². The first-order valence-corrected chi connectivity index (χ1v) is 5.53. The van der Waals surface area contributed by atoms with Gasteiger partial charge < -0.3 is 23.1 Å². The number of rotatable bonds is 2. The molecule has 0 aliphatic heterocycles. The van der Waals surface area contributed by atoms with E-state index in [0.29, 0.717) is 0 Å². The summed E-state index contributed by atoms with van der Waals surface area (Å²) in [6.45, 7) is 4.00. The Balaban J connectivity index is -0.000000180. The Morgan fingerprint density at radius 2 is 1.41 bits per heavy atom. The van der Waals surface area contributed by atoms with Gasteiger partial charge in [-0.3, -0.25) is 9.59 Å². The maximum Gasteiger partial charge on any atom is 2.00 e. The smallest absolute Gasteiger partial charge is 0.481 e. The topological polar surface area (TPSA) is 74.6 Å². The van der Waals surface area contributed by atoms with Crippen molar-refractivity contribution < 1.29 is 19.8 Å². The van der Waals surface area contributed by atoms with Crippen LogP contribution in [0.25, 0.3) is 0 Å². The minimum absolute atomic E-state index is 0. The zero-order valence-electron chi connectivity index (χ0n) is 10.8. The van der Waals surface area contributed by atoms with Crippen LogP contribution >= 0.6 is 0 Å². The van der Waals surface area contributed by atoms with Crippen LogP contribution in [-0.4, -0.2) is 59.9 Å². The molecule has 1 rings (SSSR count). The third-order valence-corrected chi connectivity index (χ3v) is 1.62. The van der Waals surface area contributed by atoms with Gasteiger partial charge in [0.1, 0.15) is 6.42 Å². The van der Waals surface area contributed by atoms with Crippen LogP contribution in [0.5, 0.6) is 0 Å². The normalized spacial score (nSPS) is 12.8. The second kappa shape index (κ2) is 18.6. The van der Waals surface area contributed by atoms with Crippen molar-refractivity contribution in [2.45, 2.75) is 52.4 Å². The summed E-state index contributed by atoms with van der Waals surface area (Å²) in [5.41, 5.74) is 0. The first-order valence-electron chi connectivity index (χ1n) is 5.53. The largest absolute Gasteiger partial charge is 2.00 e. The summed E-state index contributed by atoms with van der Waals surface area (Å²) in [5, 5.41) is 15.4. The molecule has 4 nitrogen and oxygen atoms in total. The van der Waals surface area contributed by atoms with Gasteiger partial charge in [-0.1, -0.05) is 19.3 Å². The molecule has 1 saturated carbocycles. The van der Waals surface area contributed by atoms with Gasteiger partial charge in [-0.2, -0.15) is 26.7 Å². The van der Waals surface area contributed by atoms with E-state index in [1.165, 1.54) is 32.1 Å². The predicted octanol–water partition coefficient (Wildman–Crippen LogP) is 2.55. The molecule has 1 aliphatic carbocycles. The summed E-state index contributed by atoms with van der Waals surface area (Å²) in [4.78, 5) is 18.9. The molecule has 0 aromatic rings. The standard InChI is InChI=1S/C6H11.C3H4O4.C3H7.Ca/c1-2-4-6-5-3-1;4-2(5)1-3(6)7;1-3-2;/h1H,2-6H2;1H2,(H,4,5)(H,6,7);3H,1-2H3;/q-1;;-1;+2. The molecular formula is C12H22CaO4. The molecule has 0 heterocycles. The summed E-state index contributed by atoms with van der Waals surface area (Å²) >= 11 is 0. The molecule has 1 aliphatic rings. The average Bonchev–Trinajstić information content (AvgIpc) is 2.20. The zero-order chi connectivity index (χ0) is 12.8. The average molecular weight is 270 g/mol. The van der Waals surface area contributed by atoms with Crippen LogP contribution in [0.4, 0.5) is 0 Å². The van der Waals surface area contributed by atoms with Crippen LogP contribution in [0.15, 0.2) is 0 Å². The minimum Gasteiger partial charge on any atom is -0.481 e. The van der Waals surface area contributed by atoms with Gasteiger partial charge >= 0.3 is 49.7 Å². The molecule has 0 amide bonds. The van der Waals surface area contributed by atoms with E-state index in [1.54, 1.807) is 0 Å². The Hall–Kier alpha value is 0.200. The van der Waals surface area contributed by atoms with Crippen molar-refractivity contribution in [3.8, 4) is 0 Å². The van der Waals surface area contributed by atoms with Crippen molar-refractivity contribution in [2.24, 2.45) is 0 Å². The number of carbonyl (C=O) groups is 2. The maximum absolute atomic E-state index is 9.43. The van der Waals surface area contributed by atoms with E-state index in [2.05, 4.69) is 6.42 Å². The minimum atomic E-state index is -1.31. The van der Waals surface area contributed by atoms with Crippen molar-refractivity contribution in [3.05, 3.63) is 12.8 Å². The molecule has 2 N–H and O–H groups in total. The van der Waals surface area contributed by atoms with Crippen molar-refractivity contribution >= 4 is 49.7 Å². The summed E-state index contributed by atoms with van der Waals surface area (Å²) in [7, 11) is 0. The molecule has 96 valence electrons. The monoisotopic (exact) mass is 270 g/mol. The first kappa shape index (κ1) is 22.4. The van der Waals surface area contributed by atoms with Gasteiger partial charge in [-0.05, 0) is 0 Å². The molecule has 0 aromatic carbocycles. The van der Waals surface area contributed by atoms with E-state index in [9.17, 15) is 9.59 Å². The van der Waals surface area contributed by atoms with Crippen LogP contribution < -0.4 is 0 Å². The Morgan fingerprint density at radius 3 is 1.47 bits per heavy atom. The molecule has 0 radical (unpaired) electrons. The van der Waals surface area contributed by atoms with E-state index in [0.717, 1.165) is 0 Å². The van der Waals surface area contributed by atoms with Crippen molar-refractivity contribution in [1.29, 1.82) is 0 Å². The predicted molar refractivity (Wildman–Crippen MR) is 68.7 cm³/mol. The van der Waals surface area contributed by atoms with Gasteiger partial charge in [-0.25, -0.2) is 0 Å². The fourth-order valence-electron chi connectivity index (χ4n) is 1.03. The van der Waals surface area contributed by atoms with E-state index in [4.69, 9.17) is 10.2 Å².